The van der Waals surface area contributed by atoms with Gasteiger partial charge in [0.25, 0.3) is 0 Å². The topological polar surface area (TPSA) is 45.5 Å². The van der Waals surface area contributed by atoms with Crippen molar-refractivity contribution < 1.29 is 13.6 Å². The van der Waals surface area contributed by atoms with Crippen LogP contribution in [0.5, 0.6) is 0 Å². The van der Waals surface area contributed by atoms with E-state index in [0.717, 1.165) is 44.8 Å². The number of halogens is 2. The van der Waals surface area contributed by atoms with Crippen molar-refractivity contribution in [2.45, 2.75) is 32.6 Å². The van der Waals surface area contributed by atoms with Gasteiger partial charge in [-0.2, -0.15) is 0 Å². The summed E-state index contributed by atoms with van der Waals surface area (Å²) in [6.45, 7) is 5.84. The molecule has 27 heavy (non-hydrogen) atoms. The molecule has 0 radical (unpaired) electrons. The summed E-state index contributed by atoms with van der Waals surface area (Å²) in [6, 6.07) is 10.1. The first kappa shape index (κ1) is 21.5. The summed E-state index contributed by atoms with van der Waals surface area (Å²) in [7, 11) is 0. The second-order valence-electron chi connectivity index (χ2n) is 6.88. The van der Waals surface area contributed by atoms with E-state index in [1.807, 2.05) is 11.0 Å². The largest absolute Gasteiger partial charge is 0.461 e. The number of hydrogen-bond donors (Lipinski definition) is 1. The number of amides is 1. The molecule has 2 heterocycles. The smallest absolute Gasteiger partial charge is 0.223 e. The second kappa shape index (κ2) is 10.5. The minimum atomic E-state index is -0.301. The number of nitrogens with zero attached hydrogens (tertiary/aromatic N) is 1. The summed E-state index contributed by atoms with van der Waals surface area (Å²) >= 11 is 0. The molecule has 0 aliphatic carbocycles. The van der Waals surface area contributed by atoms with E-state index >= 15 is 0 Å². The van der Waals surface area contributed by atoms with Crippen molar-refractivity contribution in [3.63, 3.8) is 0 Å². The van der Waals surface area contributed by atoms with Crippen LogP contribution in [0.4, 0.5) is 4.39 Å². The number of carbonyl (C=O) groups excluding carboxylic acids is 1. The van der Waals surface area contributed by atoms with Gasteiger partial charge in [-0.3, -0.25) is 4.79 Å². The van der Waals surface area contributed by atoms with Crippen LogP contribution in [0.15, 0.2) is 40.8 Å². The van der Waals surface area contributed by atoms with Crippen molar-refractivity contribution in [3.8, 4) is 11.3 Å². The Balaban J connectivity index is 0.00000261. The van der Waals surface area contributed by atoms with Crippen LogP contribution in [-0.2, 0) is 11.2 Å². The quantitative estimate of drug-likeness (QED) is 0.762. The molecule has 1 aliphatic rings. The summed E-state index contributed by atoms with van der Waals surface area (Å²) < 4.78 is 19.6. The van der Waals surface area contributed by atoms with Gasteiger partial charge in [-0.05, 0) is 56.1 Å². The van der Waals surface area contributed by atoms with E-state index in [-0.39, 0.29) is 24.1 Å². The van der Waals surface area contributed by atoms with Gasteiger partial charge in [-0.1, -0.05) is 19.1 Å². The number of rotatable bonds is 7. The van der Waals surface area contributed by atoms with E-state index in [1.54, 1.807) is 24.3 Å². The van der Waals surface area contributed by atoms with Crippen LogP contribution in [0.2, 0.25) is 0 Å². The first-order chi connectivity index (χ1) is 12.7. The Kier molecular flexibility index (Phi) is 8.32. The molecular formula is C21H28ClFN2O2. The lowest BCUT2D eigenvalue weighted by atomic mass is 9.96. The standard InChI is InChI=1S/C21H27FN2O2.ClH/c1-2-23-15-16-11-13-24(14-12-16)21(25)10-8-17-7-9-20(26-17)18-5-3-4-6-19(18)22;/h3-7,9,16,23H,2,8,10-15H2,1H3;1H. The van der Waals surface area contributed by atoms with Crippen LogP contribution in [-0.4, -0.2) is 37.0 Å². The minimum Gasteiger partial charge on any atom is -0.461 e. The Morgan fingerprint density at radius 2 is 1.96 bits per heavy atom. The van der Waals surface area contributed by atoms with Gasteiger partial charge >= 0.3 is 0 Å². The molecule has 1 aromatic carbocycles. The molecule has 0 bridgehead atoms. The van der Waals surface area contributed by atoms with E-state index in [1.165, 1.54) is 6.07 Å². The fourth-order valence-corrected chi connectivity index (χ4v) is 3.44. The summed E-state index contributed by atoms with van der Waals surface area (Å²) in [5.41, 5.74) is 0.452. The predicted molar refractivity (Wildman–Crippen MR) is 108 cm³/mol. The highest BCUT2D eigenvalue weighted by Crippen LogP contribution is 2.25. The molecule has 0 saturated carbocycles. The van der Waals surface area contributed by atoms with E-state index < -0.39 is 0 Å². The maximum absolute atomic E-state index is 13.8. The minimum absolute atomic E-state index is 0. The number of furan rings is 1. The Morgan fingerprint density at radius 1 is 1.22 bits per heavy atom. The van der Waals surface area contributed by atoms with Gasteiger partial charge in [-0.15, -0.1) is 12.4 Å². The Bertz CT molecular complexity index is 726. The molecule has 1 N–H and O–H groups in total. The van der Waals surface area contributed by atoms with E-state index in [9.17, 15) is 9.18 Å². The van der Waals surface area contributed by atoms with Crippen molar-refractivity contribution in [2.75, 3.05) is 26.2 Å². The van der Waals surface area contributed by atoms with Gasteiger partial charge in [0.1, 0.15) is 17.3 Å². The zero-order valence-corrected chi connectivity index (χ0v) is 16.6. The number of carbonyl (C=O) groups is 1. The van der Waals surface area contributed by atoms with Crippen molar-refractivity contribution in [1.29, 1.82) is 0 Å². The van der Waals surface area contributed by atoms with Gasteiger partial charge in [-0.25, -0.2) is 4.39 Å². The Morgan fingerprint density at radius 3 is 2.67 bits per heavy atom. The maximum atomic E-state index is 13.8. The molecule has 1 fully saturated rings. The van der Waals surface area contributed by atoms with Crippen LogP contribution in [0.25, 0.3) is 11.3 Å². The molecule has 148 valence electrons. The van der Waals surface area contributed by atoms with Crippen LogP contribution in [0, 0.1) is 11.7 Å². The van der Waals surface area contributed by atoms with Gasteiger partial charge < -0.3 is 14.6 Å². The van der Waals surface area contributed by atoms with Crippen LogP contribution in [0.1, 0.15) is 31.9 Å². The Hall–Kier alpha value is -1.85. The molecular weight excluding hydrogens is 367 g/mol. The van der Waals surface area contributed by atoms with Crippen LogP contribution < -0.4 is 5.32 Å². The molecule has 6 heteroatoms. The number of likely N-dealkylation sites (tertiary alicyclic amines) is 1. The lowest BCUT2D eigenvalue weighted by molar-refractivity contribution is -0.132. The SMILES string of the molecule is CCNCC1CCN(C(=O)CCc2ccc(-c3ccccc3F)o2)CC1.Cl. The number of hydrogen-bond acceptors (Lipinski definition) is 3. The highest BCUT2D eigenvalue weighted by Gasteiger charge is 2.22. The molecule has 1 saturated heterocycles. The molecule has 0 spiro atoms. The van der Waals surface area contributed by atoms with Gasteiger partial charge in [0.05, 0.1) is 5.56 Å². The van der Waals surface area contributed by atoms with Crippen molar-refractivity contribution in [1.82, 2.24) is 10.2 Å². The molecule has 1 amide bonds. The number of aryl methyl sites for hydroxylation is 1. The number of benzene rings is 1. The normalized spacial score (nSPS) is 14.8. The first-order valence-corrected chi connectivity index (χ1v) is 9.49. The lowest BCUT2D eigenvalue weighted by Crippen LogP contribution is -2.40. The molecule has 2 aromatic rings. The molecule has 1 aliphatic heterocycles. The van der Waals surface area contributed by atoms with Gasteiger partial charge in [0.15, 0.2) is 0 Å². The Labute approximate surface area is 166 Å². The molecule has 0 atom stereocenters. The highest BCUT2D eigenvalue weighted by atomic mass is 35.5. The number of piperidine rings is 1. The fraction of sp³-hybridized carbons (Fsp3) is 0.476. The average molecular weight is 395 g/mol. The summed E-state index contributed by atoms with van der Waals surface area (Å²) in [6.07, 6.45) is 3.11. The van der Waals surface area contributed by atoms with Crippen LogP contribution in [0.3, 0.4) is 0 Å². The molecule has 1 aromatic heterocycles. The van der Waals surface area contributed by atoms with Crippen molar-refractivity contribution in [2.24, 2.45) is 5.92 Å². The predicted octanol–water partition coefficient (Wildman–Crippen LogP) is 4.29. The van der Waals surface area contributed by atoms with Crippen molar-refractivity contribution in [3.05, 3.63) is 48.0 Å². The van der Waals surface area contributed by atoms with E-state index in [4.69, 9.17) is 4.42 Å². The third-order valence-corrected chi connectivity index (χ3v) is 5.04. The van der Waals surface area contributed by atoms with Crippen molar-refractivity contribution >= 4 is 18.3 Å². The number of nitrogens with one attached hydrogen (secondary N) is 1. The second-order valence-corrected chi connectivity index (χ2v) is 6.88. The van der Waals surface area contributed by atoms with E-state index in [2.05, 4.69) is 12.2 Å². The first-order valence-electron chi connectivity index (χ1n) is 9.49. The fourth-order valence-electron chi connectivity index (χ4n) is 3.44. The summed E-state index contributed by atoms with van der Waals surface area (Å²) in [5.74, 6) is 1.78. The maximum Gasteiger partial charge on any atom is 0.223 e. The van der Waals surface area contributed by atoms with E-state index in [0.29, 0.717) is 30.1 Å². The highest BCUT2D eigenvalue weighted by molar-refractivity contribution is 5.85. The molecule has 4 nitrogen and oxygen atoms in total. The monoisotopic (exact) mass is 394 g/mol. The summed E-state index contributed by atoms with van der Waals surface area (Å²) in [5, 5.41) is 3.39. The third kappa shape index (κ3) is 5.81. The zero-order valence-electron chi connectivity index (χ0n) is 15.7. The van der Waals surface area contributed by atoms with Crippen LogP contribution >= 0.6 is 12.4 Å². The third-order valence-electron chi connectivity index (χ3n) is 5.04. The summed E-state index contributed by atoms with van der Waals surface area (Å²) in [4.78, 5) is 14.4. The van der Waals surface area contributed by atoms with Gasteiger partial charge in [0.2, 0.25) is 5.91 Å². The zero-order chi connectivity index (χ0) is 18.4. The molecule has 0 unspecified atom stereocenters. The molecule has 3 rings (SSSR count). The lowest BCUT2D eigenvalue weighted by Gasteiger charge is -2.32. The van der Waals surface area contributed by atoms with Gasteiger partial charge in [0, 0.05) is 25.9 Å². The average Bonchev–Trinajstić information content (AvgIpc) is 3.14.